The highest BCUT2D eigenvalue weighted by Crippen LogP contribution is 2.31. The minimum Gasteiger partial charge on any atom is -0.497 e. The highest BCUT2D eigenvalue weighted by atomic mass is 16.5. The van der Waals surface area contributed by atoms with E-state index in [1.54, 1.807) is 7.11 Å². The Morgan fingerprint density at radius 2 is 1.96 bits per heavy atom. The molecule has 6 nitrogen and oxygen atoms in total. The number of rotatable bonds is 4. The molecule has 0 spiro atoms. The van der Waals surface area contributed by atoms with Crippen molar-refractivity contribution in [1.29, 1.82) is 0 Å². The van der Waals surface area contributed by atoms with Crippen molar-refractivity contribution in [3.05, 3.63) is 40.2 Å². The maximum Gasteiger partial charge on any atom is 0.252 e. The third-order valence-electron chi connectivity index (χ3n) is 5.13. The summed E-state index contributed by atoms with van der Waals surface area (Å²) in [5.74, 6) is 1.33. The van der Waals surface area contributed by atoms with E-state index < -0.39 is 0 Å². The molecule has 1 aliphatic carbocycles. The number of methoxy groups -OCH3 is 1. The van der Waals surface area contributed by atoms with Gasteiger partial charge in [-0.1, -0.05) is 0 Å². The van der Waals surface area contributed by atoms with Gasteiger partial charge in [-0.25, -0.2) is 0 Å². The van der Waals surface area contributed by atoms with Gasteiger partial charge in [-0.05, 0) is 36.4 Å². The van der Waals surface area contributed by atoms with Crippen LogP contribution in [0.4, 0.5) is 0 Å². The lowest BCUT2D eigenvalue weighted by Gasteiger charge is -2.34. The molecule has 1 saturated heterocycles. The fraction of sp³-hybridized carbons (Fsp3) is 0.474. The molecule has 25 heavy (non-hydrogen) atoms. The monoisotopic (exact) mass is 341 g/mol. The van der Waals surface area contributed by atoms with Crippen molar-refractivity contribution >= 4 is 16.8 Å². The number of H-pyrrole nitrogens is 1. The second kappa shape index (κ2) is 6.52. The van der Waals surface area contributed by atoms with Crippen molar-refractivity contribution in [3.8, 4) is 5.75 Å². The van der Waals surface area contributed by atoms with Crippen LogP contribution in [0, 0.1) is 5.92 Å². The van der Waals surface area contributed by atoms with Gasteiger partial charge in [0.2, 0.25) is 5.91 Å². The summed E-state index contributed by atoms with van der Waals surface area (Å²) in [5.41, 5.74) is 1.49. The van der Waals surface area contributed by atoms with Crippen LogP contribution in [0.3, 0.4) is 0 Å². The zero-order valence-electron chi connectivity index (χ0n) is 14.5. The van der Waals surface area contributed by atoms with Crippen molar-refractivity contribution in [3.63, 3.8) is 0 Å². The number of carbonyl (C=O) groups is 1. The molecule has 1 amide bonds. The number of aromatic amines is 1. The van der Waals surface area contributed by atoms with Gasteiger partial charge in [-0.15, -0.1) is 0 Å². The summed E-state index contributed by atoms with van der Waals surface area (Å²) in [4.78, 5) is 31.7. The zero-order chi connectivity index (χ0) is 17.4. The molecule has 132 valence electrons. The number of fused-ring (bicyclic) bond motifs is 1. The SMILES string of the molecule is COc1ccc2cc(CN3CCN(C(=O)C4CC4)CC3)c(=O)[nH]c2c1. The number of aromatic nitrogens is 1. The maximum atomic E-state index is 12.4. The van der Waals surface area contributed by atoms with Crippen LogP contribution < -0.4 is 10.3 Å². The molecule has 0 unspecified atom stereocenters. The number of amides is 1. The minimum atomic E-state index is -0.0581. The Bertz CT molecular complexity index is 849. The molecule has 1 aliphatic heterocycles. The highest BCUT2D eigenvalue weighted by Gasteiger charge is 2.34. The Morgan fingerprint density at radius 3 is 2.64 bits per heavy atom. The Hall–Kier alpha value is -2.34. The lowest BCUT2D eigenvalue weighted by molar-refractivity contribution is -0.134. The molecule has 1 aromatic carbocycles. The number of hydrogen-bond donors (Lipinski definition) is 1. The van der Waals surface area contributed by atoms with Crippen LogP contribution in [0.5, 0.6) is 5.75 Å². The molecular weight excluding hydrogens is 318 g/mol. The summed E-state index contributed by atoms with van der Waals surface area (Å²) in [6, 6.07) is 7.64. The third-order valence-corrected chi connectivity index (χ3v) is 5.13. The van der Waals surface area contributed by atoms with Crippen molar-refractivity contribution in [2.45, 2.75) is 19.4 Å². The number of benzene rings is 1. The van der Waals surface area contributed by atoms with E-state index in [2.05, 4.69) is 9.88 Å². The Balaban J connectivity index is 1.45. The normalized spacial score (nSPS) is 18.5. The summed E-state index contributed by atoms with van der Waals surface area (Å²) >= 11 is 0. The molecule has 2 aliphatic rings. The smallest absolute Gasteiger partial charge is 0.252 e. The van der Waals surface area contributed by atoms with E-state index in [0.717, 1.165) is 61.2 Å². The van der Waals surface area contributed by atoms with Crippen molar-refractivity contribution in [1.82, 2.24) is 14.8 Å². The van der Waals surface area contributed by atoms with Crippen LogP contribution in [0.2, 0.25) is 0 Å². The molecule has 4 rings (SSSR count). The second-order valence-electron chi connectivity index (χ2n) is 6.95. The number of pyridine rings is 1. The van der Waals surface area contributed by atoms with Gasteiger partial charge in [0.1, 0.15) is 5.75 Å². The van der Waals surface area contributed by atoms with Crippen LogP contribution in [-0.2, 0) is 11.3 Å². The van der Waals surface area contributed by atoms with Gasteiger partial charge < -0.3 is 14.6 Å². The first-order valence-corrected chi connectivity index (χ1v) is 8.85. The average molecular weight is 341 g/mol. The summed E-state index contributed by atoms with van der Waals surface area (Å²) in [6.07, 6.45) is 2.10. The van der Waals surface area contributed by atoms with Gasteiger partial charge in [-0.3, -0.25) is 14.5 Å². The molecule has 2 fully saturated rings. The van der Waals surface area contributed by atoms with E-state index in [-0.39, 0.29) is 11.5 Å². The van der Waals surface area contributed by atoms with Crippen LogP contribution in [0.1, 0.15) is 18.4 Å². The first kappa shape index (κ1) is 16.1. The van der Waals surface area contributed by atoms with Crippen molar-refractivity contribution in [2.24, 2.45) is 5.92 Å². The van der Waals surface area contributed by atoms with Gasteiger partial charge in [0.25, 0.3) is 5.56 Å². The maximum absolute atomic E-state index is 12.4. The Morgan fingerprint density at radius 1 is 1.20 bits per heavy atom. The van der Waals surface area contributed by atoms with Crippen LogP contribution in [0.15, 0.2) is 29.1 Å². The first-order valence-electron chi connectivity index (χ1n) is 8.85. The minimum absolute atomic E-state index is 0.0581. The number of nitrogens with zero attached hydrogens (tertiary/aromatic N) is 2. The highest BCUT2D eigenvalue weighted by molar-refractivity contribution is 5.81. The molecule has 6 heteroatoms. The number of piperazine rings is 1. The van der Waals surface area contributed by atoms with Crippen molar-refractivity contribution < 1.29 is 9.53 Å². The predicted molar refractivity (Wildman–Crippen MR) is 95.7 cm³/mol. The molecule has 0 radical (unpaired) electrons. The van der Waals surface area contributed by atoms with Gasteiger partial charge in [0, 0.05) is 50.3 Å². The molecule has 1 N–H and O–H groups in total. The number of ether oxygens (including phenoxy) is 1. The molecule has 2 heterocycles. The quantitative estimate of drug-likeness (QED) is 0.917. The fourth-order valence-electron chi connectivity index (χ4n) is 3.43. The summed E-state index contributed by atoms with van der Waals surface area (Å²) < 4.78 is 5.20. The van der Waals surface area contributed by atoms with Crippen LogP contribution >= 0.6 is 0 Å². The largest absolute Gasteiger partial charge is 0.497 e. The zero-order valence-corrected chi connectivity index (χ0v) is 14.5. The summed E-state index contributed by atoms with van der Waals surface area (Å²) in [5, 5.41) is 0.998. The molecule has 1 aromatic heterocycles. The Kier molecular flexibility index (Phi) is 4.21. The van der Waals surface area contributed by atoms with E-state index in [9.17, 15) is 9.59 Å². The third kappa shape index (κ3) is 3.39. The lowest BCUT2D eigenvalue weighted by atomic mass is 10.1. The van der Waals surface area contributed by atoms with Crippen LogP contribution in [0.25, 0.3) is 10.9 Å². The number of carbonyl (C=O) groups excluding carboxylic acids is 1. The standard InChI is InChI=1S/C19H23N3O3/c1-25-16-5-4-14-10-15(18(23)20-17(14)11-16)12-21-6-8-22(9-7-21)19(24)13-2-3-13/h4-5,10-11,13H,2-3,6-9,12H2,1H3,(H,20,23). The van der Waals surface area contributed by atoms with Crippen LogP contribution in [-0.4, -0.2) is 54.0 Å². The second-order valence-corrected chi connectivity index (χ2v) is 6.95. The average Bonchev–Trinajstić information content (AvgIpc) is 3.47. The van der Waals surface area contributed by atoms with E-state index in [4.69, 9.17) is 4.74 Å². The fourth-order valence-corrected chi connectivity index (χ4v) is 3.43. The molecule has 2 aromatic rings. The van der Waals surface area contributed by atoms with E-state index in [1.165, 1.54) is 0 Å². The van der Waals surface area contributed by atoms with Gasteiger partial charge in [0.05, 0.1) is 12.6 Å². The van der Waals surface area contributed by atoms with Gasteiger partial charge >= 0.3 is 0 Å². The summed E-state index contributed by atoms with van der Waals surface area (Å²) in [6.45, 7) is 3.77. The van der Waals surface area contributed by atoms with E-state index in [0.29, 0.717) is 12.5 Å². The topological polar surface area (TPSA) is 65.6 Å². The van der Waals surface area contributed by atoms with E-state index >= 15 is 0 Å². The number of nitrogens with one attached hydrogen (secondary N) is 1. The Labute approximate surface area is 146 Å². The number of hydrogen-bond acceptors (Lipinski definition) is 4. The first-order chi connectivity index (χ1) is 12.1. The lowest BCUT2D eigenvalue weighted by Crippen LogP contribution is -2.49. The van der Waals surface area contributed by atoms with Gasteiger partial charge in [-0.2, -0.15) is 0 Å². The molecule has 0 bridgehead atoms. The predicted octanol–water partition coefficient (Wildman–Crippen LogP) is 1.59. The van der Waals surface area contributed by atoms with E-state index in [1.807, 2.05) is 29.2 Å². The molecular formula is C19H23N3O3. The molecule has 0 atom stereocenters. The molecule has 1 saturated carbocycles. The van der Waals surface area contributed by atoms with Crippen molar-refractivity contribution in [2.75, 3.05) is 33.3 Å². The van der Waals surface area contributed by atoms with Gasteiger partial charge in [0.15, 0.2) is 0 Å². The summed E-state index contributed by atoms with van der Waals surface area (Å²) in [7, 11) is 1.61.